The van der Waals surface area contributed by atoms with Crippen LogP contribution in [-0.2, 0) is 57.2 Å². The first-order valence-corrected chi connectivity index (χ1v) is 11.0. The van der Waals surface area contributed by atoms with Crippen molar-refractivity contribution in [1.82, 2.24) is 0 Å². The molecule has 0 aliphatic rings. The van der Waals surface area contributed by atoms with E-state index in [4.69, 9.17) is 5.21 Å². The van der Waals surface area contributed by atoms with E-state index in [0.29, 0.717) is 0 Å². The molecule has 0 aliphatic heterocycles. The van der Waals surface area contributed by atoms with Gasteiger partial charge >= 0.3 is 87.2 Å². The fraction of sp³-hybridized carbons (Fsp3) is 0.619. The van der Waals surface area contributed by atoms with Crippen LogP contribution in [-0.4, -0.2) is 92.1 Å². The summed E-state index contributed by atoms with van der Waals surface area (Å²) in [6, 6.07) is 0. The molecule has 16 nitrogen and oxygen atoms in total. The van der Waals surface area contributed by atoms with Gasteiger partial charge in [-0.1, -0.05) is 5.16 Å². The Morgan fingerprint density at radius 2 is 0.816 bits per heavy atom. The molecule has 0 aromatic heterocycles. The molecule has 0 spiro atoms. The van der Waals surface area contributed by atoms with Crippen molar-refractivity contribution in [3.8, 4) is 0 Å². The molecule has 38 heavy (non-hydrogen) atoms. The third-order valence-corrected chi connectivity index (χ3v) is 2.97. The molecule has 212 valence electrons. The van der Waals surface area contributed by atoms with E-state index in [1.54, 1.807) is 41.5 Å². The first-order valence-electron chi connectivity index (χ1n) is 11.0. The SMILES string of the molecule is CCOC(=O)C(=NO)C(=O)OCC.CCOC(=O)C(=N[O-])C(=O)OCC.CCOC(=O)CC(=O)OCC.[K+]. The molecule has 1 N–H and O–H groups in total. The van der Waals surface area contributed by atoms with Crippen LogP contribution in [0.3, 0.4) is 0 Å². The maximum Gasteiger partial charge on any atom is 1.00 e. The maximum absolute atomic E-state index is 10.9. The smallest absolute Gasteiger partial charge is 0.791 e. The standard InChI is InChI=1S/2C7H11NO5.C7H12O4.K/c2*1-3-12-6(9)5(8-11)7(10)13-4-2;1-3-10-6(8)5-7(9)11-4-2;/h2*11H,3-4H2,1-2H3;3-5H2,1-2H3;/q;;;+1/p-1. The third-order valence-electron chi connectivity index (χ3n) is 2.97. The van der Waals surface area contributed by atoms with Gasteiger partial charge in [-0.3, -0.25) is 9.59 Å². The van der Waals surface area contributed by atoms with Crippen LogP contribution < -0.4 is 51.4 Å². The van der Waals surface area contributed by atoms with E-state index in [9.17, 15) is 34.0 Å². The van der Waals surface area contributed by atoms with Crippen molar-refractivity contribution in [2.24, 2.45) is 10.3 Å². The Balaban J connectivity index is -0.000000226. The van der Waals surface area contributed by atoms with Gasteiger partial charge in [0.15, 0.2) is 0 Å². The molecule has 0 amide bonds. The van der Waals surface area contributed by atoms with Gasteiger partial charge in [0.25, 0.3) is 5.71 Å². The summed E-state index contributed by atoms with van der Waals surface area (Å²) in [6.45, 7) is 10.5. The average Bonchev–Trinajstić information content (AvgIpc) is 2.82. The Hall–Kier alpha value is -2.60. The van der Waals surface area contributed by atoms with E-state index in [0.717, 1.165) is 0 Å². The van der Waals surface area contributed by atoms with Gasteiger partial charge in [0.05, 0.1) is 39.6 Å². The fourth-order valence-corrected chi connectivity index (χ4v) is 1.66. The van der Waals surface area contributed by atoms with Crippen LogP contribution in [0.25, 0.3) is 0 Å². The van der Waals surface area contributed by atoms with Crippen molar-refractivity contribution in [2.75, 3.05) is 39.6 Å². The van der Waals surface area contributed by atoms with E-state index < -0.39 is 47.2 Å². The van der Waals surface area contributed by atoms with Gasteiger partial charge in [0.1, 0.15) is 6.42 Å². The molecule has 0 radical (unpaired) electrons. The molecule has 0 rings (SSSR count). The number of nitrogens with zero attached hydrogens (tertiary/aromatic N) is 2. The first-order chi connectivity index (χ1) is 17.5. The van der Waals surface area contributed by atoms with E-state index in [2.05, 4.69) is 38.7 Å². The Labute approximate surface area is 262 Å². The van der Waals surface area contributed by atoms with Crippen LogP contribution >= 0.6 is 0 Å². The minimum Gasteiger partial charge on any atom is -0.791 e. The number of rotatable bonds is 12. The van der Waals surface area contributed by atoms with Crippen molar-refractivity contribution >= 4 is 47.2 Å². The Morgan fingerprint density at radius 1 is 0.553 bits per heavy atom. The molecule has 0 aliphatic carbocycles. The van der Waals surface area contributed by atoms with Gasteiger partial charge in [-0.15, -0.1) is 0 Å². The topological polar surface area (TPSA) is 226 Å². The molecule has 0 atom stereocenters. The van der Waals surface area contributed by atoms with Crippen molar-refractivity contribution in [3.63, 3.8) is 0 Å². The van der Waals surface area contributed by atoms with E-state index in [1.807, 2.05) is 0 Å². The van der Waals surface area contributed by atoms with Crippen LogP contribution in [0.2, 0.25) is 0 Å². The number of carbonyl (C=O) groups excluding carboxylic acids is 6. The molecule has 17 heteroatoms. The zero-order valence-electron chi connectivity index (χ0n) is 22.6. The third kappa shape index (κ3) is 22.6. The maximum atomic E-state index is 10.9. The van der Waals surface area contributed by atoms with Crippen LogP contribution in [0.15, 0.2) is 10.3 Å². The van der Waals surface area contributed by atoms with Gasteiger partial charge in [-0.05, 0) is 41.5 Å². The first kappa shape index (κ1) is 42.5. The monoisotopic (exact) mass is 576 g/mol. The molecule has 0 unspecified atom stereocenters. The minimum atomic E-state index is -1.06. The molecule has 0 bridgehead atoms. The number of oxime groups is 1. The van der Waals surface area contributed by atoms with Gasteiger partial charge in [-0.2, -0.15) is 0 Å². The van der Waals surface area contributed by atoms with Crippen molar-refractivity contribution in [2.45, 2.75) is 48.0 Å². The summed E-state index contributed by atoms with van der Waals surface area (Å²) in [5.41, 5.74) is -1.60. The predicted molar refractivity (Wildman–Crippen MR) is 124 cm³/mol. The Bertz CT molecular complexity index is 695. The van der Waals surface area contributed by atoms with Crippen molar-refractivity contribution in [3.05, 3.63) is 5.21 Å². The number of ether oxygens (including phenoxy) is 6. The summed E-state index contributed by atoms with van der Waals surface area (Å²) in [6.07, 6.45) is -0.290. The van der Waals surface area contributed by atoms with Crippen LogP contribution in [0, 0.1) is 5.21 Å². The molecular weight excluding hydrogens is 543 g/mol. The normalized spacial score (nSPS) is 8.58. The molecule has 0 saturated heterocycles. The summed E-state index contributed by atoms with van der Waals surface area (Å²) in [7, 11) is 0. The fourth-order valence-electron chi connectivity index (χ4n) is 1.66. The second-order valence-electron chi connectivity index (χ2n) is 5.56. The van der Waals surface area contributed by atoms with Gasteiger partial charge < -0.3 is 44.0 Å². The average molecular weight is 577 g/mol. The summed E-state index contributed by atoms with van der Waals surface area (Å²) in [4.78, 5) is 64.6. The van der Waals surface area contributed by atoms with Gasteiger partial charge in [0, 0.05) is 0 Å². The van der Waals surface area contributed by atoms with Crippen LogP contribution in [0.1, 0.15) is 48.0 Å². The summed E-state index contributed by atoms with van der Waals surface area (Å²) < 4.78 is 26.7. The summed E-state index contributed by atoms with van der Waals surface area (Å²) >= 11 is 0. The second-order valence-corrected chi connectivity index (χ2v) is 5.56. The second kappa shape index (κ2) is 29.0. The molecule has 0 heterocycles. The number of esters is 6. The van der Waals surface area contributed by atoms with Crippen LogP contribution in [0.4, 0.5) is 0 Å². The van der Waals surface area contributed by atoms with Gasteiger partial charge in [0.2, 0.25) is 5.71 Å². The molecule has 0 saturated carbocycles. The van der Waals surface area contributed by atoms with Gasteiger partial charge in [-0.25, -0.2) is 19.2 Å². The summed E-state index contributed by atoms with van der Waals surface area (Å²) in [5.74, 6) is -5.18. The molecule has 0 aromatic carbocycles. The van der Waals surface area contributed by atoms with Crippen LogP contribution in [0.5, 0.6) is 0 Å². The Kier molecular flexibility index (Phi) is 32.4. The quantitative estimate of drug-likeness (QED) is 0.0482. The zero-order valence-corrected chi connectivity index (χ0v) is 25.7. The number of hydrogen-bond acceptors (Lipinski definition) is 16. The molecule has 0 fully saturated rings. The van der Waals surface area contributed by atoms with E-state index in [-0.39, 0.29) is 97.4 Å². The van der Waals surface area contributed by atoms with E-state index in [1.165, 1.54) is 0 Å². The zero-order chi connectivity index (χ0) is 29.2. The largest absolute Gasteiger partial charge is 1.00 e. The molecule has 0 aromatic rings. The number of carbonyl (C=O) groups is 6. The van der Waals surface area contributed by atoms with Crippen molar-refractivity contribution in [1.29, 1.82) is 0 Å². The molecular formula is C21H33KN2O14. The number of hydrogen-bond donors (Lipinski definition) is 1. The van der Waals surface area contributed by atoms with E-state index >= 15 is 0 Å². The summed E-state index contributed by atoms with van der Waals surface area (Å²) in [5, 5.41) is 23.1. The predicted octanol–water partition coefficient (Wildman–Crippen LogP) is -2.50. The minimum absolute atomic E-state index is 0. The van der Waals surface area contributed by atoms with Crippen molar-refractivity contribution < 1.29 is 114 Å². The Morgan fingerprint density at radius 3 is 1.03 bits per heavy atom.